The fourth-order valence-electron chi connectivity index (χ4n) is 5.09. The first-order valence-electron chi connectivity index (χ1n) is 11.9. The molecule has 1 saturated heterocycles. The van der Waals surface area contributed by atoms with E-state index in [1.165, 1.54) is 0 Å². The molecule has 1 heterocycles. The zero-order chi connectivity index (χ0) is 25.3. The maximum atomic E-state index is 13.3. The Morgan fingerprint density at radius 2 is 1.63 bits per heavy atom. The highest BCUT2D eigenvalue weighted by Gasteiger charge is 2.42. The van der Waals surface area contributed by atoms with Gasteiger partial charge < -0.3 is 25.2 Å². The van der Waals surface area contributed by atoms with Crippen LogP contribution < -0.4 is 5.32 Å². The topological polar surface area (TPSA) is 116 Å². The molecule has 8 nitrogen and oxygen atoms in total. The molecule has 8 heteroatoms. The lowest BCUT2D eigenvalue weighted by atomic mass is 9.87. The highest BCUT2D eigenvalue weighted by molar-refractivity contribution is 5.90. The summed E-state index contributed by atoms with van der Waals surface area (Å²) >= 11 is 0. The molecule has 35 heavy (non-hydrogen) atoms. The number of aliphatic hydroxyl groups is 1. The number of hydrogen-bond donors (Lipinski definition) is 3. The number of β-amino-alcohol motifs (C(OH)–C–C–N with tert-alkyl or cyclic N) is 1. The van der Waals surface area contributed by atoms with Crippen LogP contribution >= 0.6 is 0 Å². The maximum absolute atomic E-state index is 13.3. The lowest BCUT2D eigenvalue weighted by Crippen LogP contribution is -2.53. The number of hydrogen-bond acceptors (Lipinski definition) is 5. The third-order valence-corrected chi connectivity index (χ3v) is 6.60. The van der Waals surface area contributed by atoms with Crippen LogP contribution in [0.1, 0.15) is 50.7 Å². The van der Waals surface area contributed by atoms with Gasteiger partial charge >= 0.3 is 12.1 Å². The molecule has 1 aliphatic carbocycles. The van der Waals surface area contributed by atoms with Crippen molar-refractivity contribution in [3.05, 3.63) is 59.7 Å². The summed E-state index contributed by atoms with van der Waals surface area (Å²) < 4.78 is 5.61. The van der Waals surface area contributed by atoms with E-state index in [4.69, 9.17) is 4.74 Å². The number of amides is 2. The number of likely N-dealkylation sites (tertiary alicyclic amines) is 1. The molecule has 0 bridgehead atoms. The third kappa shape index (κ3) is 5.32. The predicted octanol–water partition coefficient (Wildman–Crippen LogP) is 3.38. The van der Waals surface area contributed by atoms with Gasteiger partial charge in [0, 0.05) is 18.9 Å². The van der Waals surface area contributed by atoms with Crippen molar-refractivity contribution in [3.8, 4) is 11.1 Å². The number of aliphatic hydroxyl groups excluding tert-OH is 1. The summed E-state index contributed by atoms with van der Waals surface area (Å²) in [4.78, 5) is 38.9. The molecule has 3 N–H and O–H groups in total. The van der Waals surface area contributed by atoms with Gasteiger partial charge in [0.1, 0.15) is 18.7 Å². The van der Waals surface area contributed by atoms with E-state index in [2.05, 4.69) is 17.4 Å². The van der Waals surface area contributed by atoms with Crippen molar-refractivity contribution in [1.82, 2.24) is 10.2 Å². The molecule has 1 aliphatic heterocycles. The van der Waals surface area contributed by atoms with Crippen molar-refractivity contribution in [1.29, 1.82) is 0 Å². The third-order valence-electron chi connectivity index (χ3n) is 6.60. The molecule has 2 aromatic rings. The first-order chi connectivity index (χ1) is 16.5. The van der Waals surface area contributed by atoms with Gasteiger partial charge in [0.2, 0.25) is 5.91 Å². The van der Waals surface area contributed by atoms with Crippen LogP contribution in [0.15, 0.2) is 48.5 Å². The van der Waals surface area contributed by atoms with Crippen molar-refractivity contribution in [3.63, 3.8) is 0 Å². The predicted molar refractivity (Wildman–Crippen MR) is 130 cm³/mol. The molecule has 0 aromatic heterocycles. The number of fused-ring (bicyclic) bond motifs is 3. The van der Waals surface area contributed by atoms with Gasteiger partial charge in [-0.15, -0.1) is 0 Å². The van der Waals surface area contributed by atoms with E-state index < -0.39 is 36.2 Å². The van der Waals surface area contributed by atoms with E-state index in [1.54, 1.807) is 0 Å². The van der Waals surface area contributed by atoms with Gasteiger partial charge in [-0.2, -0.15) is 0 Å². The van der Waals surface area contributed by atoms with E-state index in [1.807, 2.05) is 57.2 Å². The number of aliphatic carboxylic acids is 1. The van der Waals surface area contributed by atoms with Crippen LogP contribution in [0.4, 0.5) is 4.79 Å². The quantitative estimate of drug-likeness (QED) is 0.584. The summed E-state index contributed by atoms with van der Waals surface area (Å²) in [7, 11) is 0. The van der Waals surface area contributed by atoms with Crippen LogP contribution in [-0.4, -0.2) is 64.4 Å². The number of carboxylic acid groups (broad SMARTS) is 1. The van der Waals surface area contributed by atoms with Gasteiger partial charge in [-0.3, -0.25) is 4.79 Å². The second-order valence-corrected chi connectivity index (χ2v) is 10.5. The number of nitrogens with one attached hydrogen (secondary N) is 1. The molecule has 0 spiro atoms. The molecule has 2 aliphatic rings. The van der Waals surface area contributed by atoms with Crippen molar-refractivity contribution in [2.75, 3.05) is 13.2 Å². The monoisotopic (exact) mass is 480 g/mol. The minimum Gasteiger partial charge on any atom is -0.480 e. The smallest absolute Gasteiger partial charge is 0.407 e. The Morgan fingerprint density at radius 1 is 1.06 bits per heavy atom. The molecule has 0 radical (unpaired) electrons. The van der Waals surface area contributed by atoms with Gasteiger partial charge in [-0.25, -0.2) is 9.59 Å². The first kappa shape index (κ1) is 24.7. The first-order valence-corrected chi connectivity index (χ1v) is 11.9. The summed E-state index contributed by atoms with van der Waals surface area (Å²) in [5.41, 5.74) is 4.07. The summed E-state index contributed by atoms with van der Waals surface area (Å²) in [5.74, 6) is -1.82. The Bertz CT molecular complexity index is 1080. The second-order valence-electron chi connectivity index (χ2n) is 10.5. The highest BCUT2D eigenvalue weighted by atomic mass is 16.5. The maximum Gasteiger partial charge on any atom is 0.407 e. The fourth-order valence-corrected chi connectivity index (χ4v) is 5.09. The van der Waals surface area contributed by atoms with Crippen LogP contribution in [0.3, 0.4) is 0 Å². The molecule has 0 saturated carbocycles. The Kier molecular flexibility index (Phi) is 6.85. The van der Waals surface area contributed by atoms with Crippen molar-refractivity contribution < 1.29 is 29.3 Å². The van der Waals surface area contributed by atoms with Gasteiger partial charge in [-0.05, 0) is 34.1 Å². The van der Waals surface area contributed by atoms with Gasteiger partial charge in [0.05, 0.1) is 6.10 Å². The summed E-state index contributed by atoms with van der Waals surface area (Å²) in [6.45, 7) is 5.82. The molecule has 2 aromatic carbocycles. The van der Waals surface area contributed by atoms with Gasteiger partial charge in [-0.1, -0.05) is 69.3 Å². The van der Waals surface area contributed by atoms with Gasteiger partial charge in [0.15, 0.2) is 0 Å². The molecule has 1 unspecified atom stereocenters. The lowest BCUT2D eigenvalue weighted by molar-refractivity contribution is -0.149. The molecule has 3 atom stereocenters. The van der Waals surface area contributed by atoms with Crippen LogP contribution in [0, 0.1) is 5.41 Å². The zero-order valence-electron chi connectivity index (χ0n) is 20.2. The van der Waals surface area contributed by atoms with E-state index in [-0.39, 0.29) is 37.3 Å². The molecular formula is C27H32N2O6. The average molecular weight is 481 g/mol. The molecule has 1 fully saturated rings. The van der Waals surface area contributed by atoms with Crippen LogP contribution in [0.2, 0.25) is 0 Å². The van der Waals surface area contributed by atoms with Crippen molar-refractivity contribution >= 4 is 18.0 Å². The van der Waals surface area contributed by atoms with Crippen LogP contribution in [-0.2, 0) is 14.3 Å². The minimum absolute atomic E-state index is 0.0335. The van der Waals surface area contributed by atoms with Gasteiger partial charge in [0.25, 0.3) is 0 Å². The Balaban J connectivity index is 1.47. The summed E-state index contributed by atoms with van der Waals surface area (Å²) in [6.07, 6.45) is -1.39. The number of rotatable bonds is 6. The molecule has 2 amide bonds. The number of carbonyl (C=O) groups is 3. The fraction of sp³-hybridized carbons (Fsp3) is 0.444. The lowest BCUT2D eigenvalue weighted by Gasteiger charge is -2.31. The molecule has 4 rings (SSSR count). The number of nitrogens with zero attached hydrogens (tertiary/aromatic N) is 1. The SMILES string of the molecule is CC(C)(C)CC(NC(=O)OCC1c2ccccc2-c2ccccc21)C(=O)N1C[C@@H](O)C[C@H]1C(=O)O. The largest absolute Gasteiger partial charge is 0.480 e. The Morgan fingerprint density at radius 3 is 2.17 bits per heavy atom. The van der Waals surface area contributed by atoms with E-state index in [0.29, 0.717) is 0 Å². The van der Waals surface area contributed by atoms with Crippen LogP contribution in [0.5, 0.6) is 0 Å². The highest BCUT2D eigenvalue weighted by Crippen LogP contribution is 2.44. The second kappa shape index (κ2) is 9.70. The zero-order valence-corrected chi connectivity index (χ0v) is 20.2. The van der Waals surface area contributed by atoms with Crippen molar-refractivity contribution in [2.45, 2.75) is 57.7 Å². The normalized spacial score (nSPS) is 20.2. The van der Waals surface area contributed by atoms with E-state index in [0.717, 1.165) is 27.2 Å². The average Bonchev–Trinajstić information content (AvgIpc) is 3.34. The Hall–Kier alpha value is -3.39. The van der Waals surface area contributed by atoms with Crippen molar-refractivity contribution in [2.24, 2.45) is 5.41 Å². The standard InChI is InChI=1S/C27H32N2O6/c1-27(2,3)13-22(24(31)29-14-16(30)12-23(29)25(32)33)28-26(34)35-15-21-19-10-6-4-8-17(19)18-9-5-7-11-20(18)21/h4-11,16,21-23,30H,12-15H2,1-3H3,(H,28,34)(H,32,33)/t16-,22?,23-/m0/s1. The number of alkyl carbamates (subject to hydrolysis) is 1. The molecule has 186 valence electrons. The van der Waals surface area contributed by atoms with E-state index >= 15 is 0 Å². The summed E-state index contributed by atoms with van der Waals surface area (Å²) in [6, 6.07) is 13.9. The number of carbonyl (C=O) groups excluding carboxylic acids is 2. The van der Waals surface area contributed by atoms with E-state index in [9.17, 15) is 24.6 Å². The molecular weight excluding hydrogens is 448 g/mol. The van der Waals surface area contributed by atoms with Crippen LogP contribution in [0.25, 0.3) is 11.1 Å². The number of benzene rings is 2. The minimum atomic E-state index is -1.18. The number of carboxylic acids is 1. The Labute approximate surface area is 204 Å². The summed E-state index contributed by atoms with van der Waals surface area (Å²) in [5, 5.41) is 22.1. The number of ether oxygens (including phenoxy) is 1.